The molecule has 5 nitrogen and oxygen atoms in total. The smallest absolute Gasteiger partial charge is 0.307 e. The zero-order valence-electron chi connectivity index (χ0n) is 13.1. The highest BCUT2D eigenvalue weighted by molar-refractivity contribution is 5.79. The van der Waals surface area contributed by atoms with Crippen molar-refractivity contribution >= 4 is 11.9 Å². The van der Waals surface area contributed by atoms with Gasteiger partial charge in [-0.05, 0) is 19.3 Å². The highest BCUT2D eigenvalue weighted by Gasteiger charge is 2.34. The molecule has 0 fully saturated rings. The maximum Gasteiger partial charge on any atom is 0.307 e. The average Bonchev–Trinajstić information content (AvgIpc) is 2.29. The van der Waals surface area contributed by atoms with Crippen LogP contribution in [0.2, 0.25) is 0 Å². The van der Waals surface area contributed by atoms with Crippen LogP contribution in [-0.2, 0) is 19.1 Å². The van der Waals surface area contributed by atoms with Crippen molar-refractivity contribution in [1.29, 1.82) is 0 Å². The van der Waals surface area contributed by atoms with Crippen LogP contribution in [0.15, 0.2) is 12.7 Å². The Labute approximate surface area is 121 Å². The van der Waals surface area contributed by atoms with E-state index in [4.69, 9.17) is 14.6 Å². The first kappa shape index (κ1) is 18.6. The number of rotatable bonds is 8. The van der Waals surface area contributed by atoms with Crippen LogP contribution >= 0.6 is 0 Å². The summed E-state index contributed by atoms with van der Waals surface area (Å²) in [6.07, 6.45) is 1.47. The van der Waals surface area contributed by atoms with Crippen molar-refractivity contribution in [2.24, 2.45) is 11.3 Å². The van der Waals surface area contributed by atoms with E-state index in [0.29, 0.717) is 6.61 Å². The van der Waals surface area contributed by atoms with Crippen molar-refractivity contribution in [3.63, 3.8) is 0 Å². The third kappa shape index (κ3) is 7.28. The summed E-state index contributed by atoms with van der Waals surface area (Å²) in [5.41, 5.74) is -1.12. The monoisotopic (exact) mass is 286 g/mol. The van der Waals surface area contributed by atoms with Crippen LogP contribution in [0.5, 0.6) is 0 Å². The Morgan fingerprint density at radius 1 is 1.25 bits per heavy atom. The van der Waals surface area contributed by atoms with E-state index in [2.05, 4.69) is 6.58 Å². The Morgan fingerprint density at radius 3 is 2.20 bits per heavy atom. The van der Waals surface area contributed by atoms with E-state index in [0.717, 1.165) is 0 Å². The molecule has 0 bridgehead atoms. The number of hydrogen-bond donors (Lipinski definition) is 1. The van der Waals surface area contributed by atoms with Crippen LogP contribution in [0.4, 0.5) is 0 Å². The molecule has 0 aromatic carbocycles. The molecule has 0 radical (unpaired) electrons. The van der Waals surface area contributed by atoms with Crippen molar-refractivity contribution < 1.29 is 24.2 Å². The van der Waals surface area contributed by atoms with Crippen LogP contribution in [0, 0.1) is 11.3 Å². The van der Waals surface area contributed by atoms with E-state index in [-0.39, 0.29) is 13.0 Å². The average molecular weight is 286 g/mol. The molecular formula is C15H26O5. The first-order chi connectivity index (χ1) is 8.99. The fraction of sp³-hybridized carbons (Fsp3) is 0.733. The summed E-state index contributed by atoms with van der Waals surface area (Å²) in [7, 11) is 0. The first-order valence-electron chi connectivity index (χ1n) is 6.63. The van der Waals surface area contributed by atoms with Crippen LogP contribution in [0.3, 0.4) is 0 Å². The van der Waals surface area contributed by atoms with Crippen LogP contribution in [0.25, 0.3) is 0 Å². The Balaban J connectivity index is 4.41. The molecule has 5 heteroatoms. The van der Waals surface area contributed by atoms with Crippen LogP contribution in [0.1, 0.15) is 41.0 Å². The second kappa shape index (κ2) is 7.43. The van der Waals surface area contributed by atoms with Gasteiger partial charge in [0.15, 0.2) is 0 Å². The highest BCUT2D eigenvalue weighted by Crippen LogP contribution is 2.29. The fourth-order valence-electron chi connectivity index (χ4n) is 1.57. The molecule has 0 aliphatic heterocycles. The summed E-state index contributed by atoms with van der Waals surface area (Å²) < 4.78 is 10.6. The number of ether oxygens (including phenoxy) is 2. The van der Waals surface area contributed by atoms with Gasteiger partial charge in [-0.25, -0.2) is 0 Å². The number of esters is 1. The van der Waals surface area contributed by atoms with Gasteiger partial charge in [0.25, 0.3) is 0 Å². The summed E-state index contributed by atoms with van der Waals surface area (Å²) in [4.78, 5) is 22.9. The van der Waals surface area contributed by atoms with Gasteiger partial charge in [0.05, 0.1) is 24.5 Å². The van der Waals surface area contributed by atoms with E-state index in [1.165, 1.54) is 0 Å². The summed E-state index contributed by atoms with van der Waals surface area (Å²) >= 11 is 0. The van der Waals surface area contributed by atoms with E-state index in [9.17, 15) is 9.59 Å². The maximum absolute atomic E-state index is 11.8. The second-order valence-corrected chi connectivity index (χ2v) is 6.48. The molecule has 0 spiro atoms. The largest absolute Gasteiger partial charge is 0.481 e. The van der Waals surface area contributed by atoms with Crippen LogP contribution in [-0.4, -0.2) is 35.9 Å². The molecule has 0 amide bonds. The fourth-order valence-corrected chi connectivity index (χ4v) is 1.57. The molecule has 1 N–H and O–H groups in total. The second-order valence-electron chi connectivity index (χ2n) is 6.48. The SMILES string of the molecule is C=CCOC(C)(C)COC(=O)C[C@H](C(=O)O)C(C)(C)C. The number of carboxylic acids is 1. The molecule has 0 saturated carbocycles. The molecule has 0 aliphatic rings. The lowest BCUT2D eigenvalue weighted by Crippen LogP contribution is -2.35. The Hall–Kier alpha value is -1.36. The van der Waals surface area contributed by atoms with Crippen molar-refractivity contribution in [3.8, 4) is 0 Å². The summed E-state index contributed by atoms with van der Waals surface area (Å²) in [6.45, 7) is 12.9. The summed E-state index contributed by atoms with van der Waals surface area (Å²) in [5, 5.41) is 9.16. The van der Waals surface area contributed by atoms with Gasteiger partial charge in [0.2, 0.25) is 0 Å². The van der Waals surface area contributed by atoms with Gasteiger partial charge < -0.3 is 14.6 Å². The molecule has 0 aromatic rings. The summed E-state index contributed by atoms with van der Waals surface area (Å²) in [5.74, 6) is -2.29. The molecule has 0 unspecified atom stereocenters. The standard InChI is InChI=1S/C15H26O5/c1-7-8-20-15(5,6)10-19-12(16)9-11(13(17)18)14(2,3)4/h7,11H,1,8-10H2,2-6H3,(H,17,18)/t11-/m1/s1. The van der Waals surface area contributed by atoms with Gasteiger partial charge in [-0.3, -0.25) is 9.59 Å². The van der Waals surface area contributed by atoms with E-state index in [1.54, 1.807) is 40.7 Å². The molecule has 0 heterocycles. The number of carboxylic acid groups (broad SMARTS) is 1. The third-order valence-corrected chi connectivity index (χ3v) is 2.89. The highest BCUT2D eigenvalue weighted by atomic mass is 16.6. The van der Waals surface area contributed by atoms with E-state index < -0.39 is 28.9 Å². The van der Waals surface area contributed by atoms with Gasteiger partial charge in [-0.1, -0.05) is 26.8 Å². The maximum atomic E-state index is 11.8. The van der Waals surface area contributed by atoms with Gasteiger partial charge >= 0.3 is 11.9 Å². The molecule has 1 atom stereocenters. The lowest BCUT2D eigenvalue weighted by atomic mass is 9.79. The zero-order chi connectivity index (χ0) is 16.0. The molecule has 0 aliphatic carbocycles. The predicted molar refractivity (Wildman–Crippen MR) is 76.4 cm³/mol. The van der Waals surface area contributed by atoms with Crippen molar-refractivity contribution in [2.45, 2.75) is 46.6 Å². The summed E-state index contributed by atoms with van der Waals surface area (Å²) in [6, 6.07) is 0. The number of carbonyl (C=O) groups excluding carboxylic acids is 1. The van der Waals surface area contributed by atoms with Gasteiger partial charge in [-0.2, -0.15) is 0 Å². The molecular weight excluding hydrogens is 260 g/mol. The number of hydrogen-bond acceptors (Lipinski definition) is 4. The first-order valence-corrected chi connectivity index (χ1v) is 6.63. The molecule has 0 aromatic heterocycles. The lowest BCUT2D eigenvalue weighted by molar-refractivity contribution is -0.160. The molecule has 0 rings (SSSR count). The minimum atomic E-state index is -0.989. The Kier molecular flexibility index (Phi) is 6.92. The quantitative estimate of drug-likeness (QED) is 0.548. The van der Waals surface area contributed by atoms with E-state index >= 15 is 0 Å². The topological polar surface area (TPSA) is 72.8 Å². The Bertz CT molecular complexity index is 352. The van der Waals surface area contributed by atoms with Crippen LogP contribution < -0.4 is 0 Å². The minimum absolute atomic E-state index is 0.0795. The lowest BCUT2D eigenvalue weighted by Gasteiger charge is -2.27. The van der Waals surface area contributed by atoms with Crippen molar-refractivity contribution in [2.75, 3.05) is 13.2 Å². The third-order valence-electron chi connectivity index (χ3n) is 2.89. The van der Waals surface area contributed by atoms with Crippen molar-refractivity contribution in [1.82, 2.24) is 0 Å². The molecule has 20 heavy (non-hydrogen) atoms. The van der Waals surface area contributed by atoms with Gasteiger partial charge in [-0.15, -0.1) is 6.58 Å². The molecule has 0 saturated heterocycles. The van der Waals surface area contributed by atoms with Crippen molar-refractivity contribution in [3.05, 3.63) is 12.7 Å². The molecule has 116 valence electrons. The normalized spacial score (nSPS) is 13.7. The zero-order valence-corrected chi connectivity index (χ0v) is 13.1. The number of carbonyl (C=O) groups is 2. The minimum Gasteiger partial charge on any atom is -0.481 e. The van der Waals surface area contributed by atoms with Gasteiger partial charge in [0.1, 0.15) is 6.61 Å². The predicted octanol–water partition coefficient (Wildman–Crippen LogP) is 2.65. The van der Waals surface area contributed by atoms with E-state index in [1.807, 2.05) is 0 Å². The Morgan fingerprint density at radius 2 is 1.80 bits per heavy atom. The van der Waals surface area contributed by atoms with Gasteiger partial charge in [0, 0.05) is 0 Å². The number of aliphatic carboxylic acids is 1.